The van der Waals surface area contributed by atoms with Crippen molar-refractivity contribution in [3.8, 4) is 6.07 Å². The summed E-state index contributed by atoms with van der Waals surface area (Å²) in [7, 11) is 0. The molecule has 4 nitrogen and oxygen atoms in total. The van der Waals surface area contributed by atoms with Crippen LogP contribution in [0.1, 0.15) is 12.8 Å². The normalized spacial score (nSPS) is 19.8. The summed E-state index contributed by atoms with van der Waals surface area (Å²) >= 11 is 0. The standard InChI is InChI=1S/C13H15N3O/c14-9-12-7-4-8-16(12)10-13(17)15-11-5-2-1-3-6-11/h1-3,5-6,12H,4,7-8,10H2,(H,15,17). The highest BCUT2D eigenvalue weighted by molar-refractivity contribution is 5.92. The summed E-state index contributed by atoms with van der Waals surface area (Å²) in [5.41, 5.74) is 0.796. The zero-order valence-corrected chi connectivity index (χ0v) is 9.60. The second-order valence-electron chi connectivity index (χ2n) is 4.17. The molecule has 0 aliphatic carbocycles. The van der Waals surface area contributed by atoms with Crippen molar-refractivity contribution in [3.05, 3.63) is 30.3 Å². The van der Waals surface area contributed by atoms with Crippen molar-refractivity contribution in [3.63, 3.8) is 0 Å². The summed E-state index contributed by atoms with van der Waals surface area (Å²) in [5, 5.41) is 11.7. The highest BCUT2D eigenvalue weighted by atomic mass is 16.2. The van der Waals surface area contributed by atoms with Crippen molar-refractivity contribution in [2.45, 2.75) is 18.9 Å². The van der Waals surface area contributed by atoms with Gasteiger partial charge in [0.15, 0.2) is 0 Å². The molecule has 17 heavy (non-hydrogen) atoms. The van der Waals surface area contributed by atoms with Crippen LogP contribution in [0.25, 0.3) is 0 Å². The van der Waals surface area contributed by atoms with Crippen molar-refractivity contribution >= 4 is 11.6 Å². The van der Waals surface area contributed by atoms with Gasteiger partial charge in [-0.25, -0.2) is 0 Å². The van der Waals surface area contributed by atoms with E-state index in [4.69, 9.17) is 5.26 Å². The lowest BCUT2D eigenvalue weighted by Gasteiger charge is -2.18. The second kappa shape index (κ2) is 5.46. The van der Waals surface area contributed by atoms with E-state index in [-0.39, 0.29) is 11.9 Å². The smallest absolute Gasteiger partial charge is 0.238 e. The molecule has 1 atom stereocenters. The molecule has 0 bridgehead atoms. The quantitative estimate of drug-likeness (QED) is 0.856. The first-order valence-electron chi connectivity index (χ1n) is 5.78. The van der Waals surface area contributed by atoms with Crippen LogP contribution in [-0.4, -0.2) is 29.9 Å². The molecular formula is C13H15N3O. The Labute approximate surface area is 101 Å². The lowest BCUT2D eigenvalue weighted by Crippen LogP contribution is -2.36. The van der Waals surface area contributed by atoms with E-state index in [1.807, 2.05) is 35.2 Å². The van der Waals surface area contributed by atoms with Gasteiger partial charge < -0.3 is 5.32 Å². The van der Waals surface area contributed by atoms with E-state index < -0.39 is 0 Å². The number of benzene rings is 1. The summed E-state index contributed by atoms with van der Waals surface area (Å²) < 4.78 is 0. The fourth-order valence-electron chi connectivity index (χ4n) is 2.07. The number of hydrogen-bond donors (Lipinski definition) is 1. The van der Waals surface area contributed by atoms with Gasteiger partial charge in [0.1, 0.15) is 0 Å². The first kappa shape index (κ1) is 11.6. The highest BCUT2D eigenvalue weighted by Gasteiger charge is 2.25. The third-order valence-electron chi connectivity index (χ3n) is 2.92. The van der Waals surface area contributed by atoms with Gasteiger partial charge in [-0.05, 0) is 25.0 Å². The van der Waals surface area contributed by atoms with Gasteiger partial charge in [-0.3, -0.25) is 9.69 Å². The Morgan fingerprint density at radius 2 is 2.24 bits per heavy atom. The molecule has 0 radical (unpaired) electrons. The van der Waals surface area contributed by atoms with Gasteiger partial charge in [0.25, 0.3) is 0 Å². The zero-order valence-electron chi connectivity index (χ0n) is 9.60. The van der Waals surface area contributed by atoms with Crippen LogP contribution in [0.4, 0.5) is 5.69 Å². The lowest BCUT2D eigenvalue weighted by molar-refractivity contribution is -0.117. The maximum atomic E-state index is 11.8. The molecule has 1 heterocycles. The third kappa shape index (κ3) is 3.05. The Bertz CT molecular complexity index is 424. The van der Waals surface area contributed by atoms with Gasteiger partial charge in [0.2, 0.25) is 5.91 Å². The van der Waals surface area contributed by atoms with E-state index in [0.29, 0.717) is 6.54 Å². The molecule has 0 spiro atoms. The Morgan fingerprint density at radius 1 is 1.47 bits per heavy atom. The molecule has 88 valence electrons. The minimum atomic E-state index is -0.100. The molecule has 1 unspecified atom stereocenters. The topological polar surface area (TPSA) is 56.1 Å². The van der Waals surface area contributed by atoms with E-state index in [9.17, 15) is 4.79 Å². The van der Waals surface area contributed by atoms with E-state index in [1.54, 1.807) is 0 Å². The van der Waals surface area contributed by atoms with Gasteiger partial charge in [-0.1, -0.05) is 18.2 Å². The van der Waals surface area contributed by atoms with Crippen LogP contribution in [0.3, 0.4) is 0 Å². The fourth-order valence-corrected chi connectivity index (χ4v) is 2.07. The number of rotatable bonds is 3. The van der Waals surface area contributed by atoms with Gasteiger partial charge in [-0.15, -0.1) is 0 Å². The molecule has 0 saturated carbocycles. The van der Waals surface area contributed by atoms with Crippen molar-refractivity contribution in [1.82, 2.24) is 4.90 Å². The molecule has 1 saturated heterocycles. The van der Waals surface area contributed by atoms with Crippen molar-refractivity contribution in [2.75, 3.05) is 18.4 Å². The molecule has 0 aromatic heterocycles. The number of carbonyl (C=O) groups is 1. The minimum Gasteiger partial charge on any atom is -0.325 e. The lowest BCUT2D eigenvalue weighted by atomic mass is 10.2. The number of hydrogen-bond acceptors (Lipinski definition) is 3. The first-order chi connectivity index (χ1) is 8.29. The predicted molar refractivity (Wildman–Crippen MR) is 65.3 cm³/mol. The van der Waals surface area contributed by atoms with Crippen LogP contribution in [-0.2, 0) is 4.79 Å². The van der Waals surface area contributed by atoms with E-state index >= 15 is 0 Å². The van der Waals surface area contributed by atoms with Crippen LogP contribution in [0.5, 0.6) is 0 Å². The number of nitrogens with zero attached hydrogens (tertiary/aromatic N) is 2. The molecule has 1 amide bonds. The van der Waals surface area contributed by atoms with Gasteiger partial charge in [0.05, 0.1) is 18.7 Å². The Hall–Kier alpha value is -1.86. The fraction of sp³-hybridized carbons (Fsp3) is 0.385. The maximum absolute atomic E-state index is 11.8. The average Bonchev–Trinajstić information content (AvgIpc) is 2.77. The van der Waals surface area contributed by atoms with Gasteiger partial charge in [-0.2, -0.15) is 5.26 Å². The average molecular weight is 229 g/mol. The molecule has 1 aliphatic heterocycles. The summed E-state index contributed by atoms with van der Waals surface area (Å²) in [5.74, 6) is -0.0571. The molecule has 2 rings (SSSR count). The summed E-state index contributed by atoms with van der Waals surface area (Å²) in [6.07, 6.45) is 1.87. The summed E-state index contributed by atoms with van der Waals surface area (Å²) in [4.78, 5) is 13.7. The molecular weight excluding hydrogens is 214 g/mol. The molecule has 1 aromatic rings. The number of nitrogens with one attached hydrogen (secondary N) is 1. The number of likely N-dealkylation sites (tertiary alicyclic amines) is 1. The number of para-hydroxylation sites is 1. The largest absolute Gasteiger partial charge is 0.325 e. The maximum Gasteiger partial charge on any atom is 0.238 e. The monoisotopic (exact) mass is 229 g/mol. The van der Waals surface area contributed by atoms with Gasteiger partial charge in [0, 0.05) is 12.2 Å². The molecule has 4 heteroatoms. The number of nitriles is 1. The third-order valence-corrected chi connectivity index (χ3v) is 2.92. The van der Waals surface area contributed by atoms with E-state index in [2.05, 4.69) is 11.4 Å². The van der Waals surface area contributed by atoms with E-state index in [1.165, 1.54) is 0 Å². The van der Waals surface area contributed by atoms with Gasteiger partial charge >= 0.3 is 0 Å². The zero-order chi connectivity index (χ0) is 12.1. The minimum absolute atomic E-state index is 0.0571. The molecule has 1 fully saturated rings. The Kier molecular flexibility index (Phi) is 3.73. The van der Waals surface area contributed by atoms with Crippen molar-refractivity contribution < 1.29 is 4.79 Å². The highest BCUT2D eigenvalue weighted by Crippen LogP contribution is 2.16. The predicted octanol–water partition coefficient (Wildman–Crippen LogP) is 1.61. The Morgan fingerprint density at radius 3 is 2.94 bits per heavy atom. The molecule has 1 aliphatic rings. The SMILES string of the molecule is N#CC1CCCN1CC(=O)Nc1ccccc1. The van der Waals surface area contributed by atoms with Crippen LogP contribution >= 0.6 is 0 Å². The summed E-state index contributed by atoms with van der Waals surface area (Å²) in [6.45, 7) is 1.13. The second-order valence-corrected chi connectivity index (χ2v) is 4.17. The van der Waals surface area contributed by atoms with E-state index in [0.717, 1.165) is 25.1 Å². The van der Waals surface area contributed by atoms with Crippen LogP contribution < -0.4 is 5.32 Å². The summed E-state index contributed by atoms with van der Waals surface area (Å²) in [6, 6.07) is 11.5. The Balaban J connectivity index is 1.88. The van der Waals surface area contributed by atoms with Crippen LogP contribution in [0, 0.1) is 11.3 Å². The van der Waals surface area contributed by atoms with Crippen molar-refractivity contribution in [1.29, 1.82) is 5.26 Å². The molecule has 1 N–H and O–H groups in total. The first-order valence-corrected chi connectivity index (χ1v) is 5.78. The van der Waals surface area contributed by atoms with Crippen LogP contribution in [0.2, 0.25) is 0 Å². The van der Waals surface area contributed by atoms with Crippen molar-refractivity contribution in [2.24, 2.45) is 0 Å². The number of carbonyl (C=O) groups excluding carboxylic acids is 1. The number of anilines is 1. The van der Waals surface area contributed by atoms with Crippen LogP contribution in [0.15, 0.2) is 30.3 Å². The number of amides is 1. The molecule has 1 aromatic carbocycles.